The van der Waals surface area contributed by atoms with Crippen LogP contribution in [0.3, 0.4) is 0 Å². The predicted octanol–water partition coefficient (Wildman–Crippen LogP) is 5.86. The molecule has 0 radical (unpaired) electrons. The van der Waals surface area contributed by atoms with Gasteiger partial charge in [0, 0.05) is 11.6 Å². The molecule has 0 amide bonds. The molecule has 5 rings (SSSR count). The van der Waals surface area contributed by atoms with Gasteiger partial charge in [0.1, 0.15) is 5.76 Å². The largest absolute Gasteiger partial charge is 0.436 e. The molecule has 1 aliphatic rings. The molecule has 1 aliphatic carbocycles. The molecule has 7 heteroatoms. The Morgan fingerprint density at radius 1 is 0.857 bits per heavy atom. The molecule has 0 aliphatic heterocycles. The van der Waals surface area contributed by atoms with Crippen LogP contribution in [0, 0.1) is 0 Å². The molecule has 28 heavy (non-hydrogen) atoms. The van der Waals surface area contributed by atoms with E-state index in [2.05, 4.69) is 4.98 Å². The lowest BCUT2D eigenvalue weighted by molar-refractivity contribution is 0.0990. The van der Waals surface area contributed by atoms with Crippen LogP contribution in [0.5, 0.6) is 0 Å². The van der Waals surface area contributed by atoms with E-state index in [0.29, 0.717) is 11.5 Å². The normalized spacial score (nSPS) is 13.4. The molecule has 5 nitrogen and oxygen atoms in total. The van der Waals surface area contributed by atoms with Crippen LogP contribution < -0.4 is 0 Å². The van der Waals surface area contributed by atoms with Crippen molar-refractivity contribution in [3.05, 3.63) is 81.0 Å². The maximum atomic E-state index is 12.7. The van der Waals surface area contributed by atoms with E-state index in [9.17, 15) is 9.59 Å². The fourth-order valence-electron chi connectivity index (χ4n) is 3.17. The van der Waals surface area contributed by atoms with Gasteiger partial charge in [0.15, 0.2) is 17.1 Å². The van der Waals surface area contributed by atoms with E-state index in [4.69, 9.17) is 32.0 Å². The zero-order chi connectivity index (χ0) is 19.4. The maximum absolute atomic E-state index is 12.7. The van der Waals surface area contributed by atoms with Gasteiger partial charge in [0.05, 0.1) is 26.7 Å². The van der Waals surface area contributed by atoms with E-state index in [1.54, 1.807) is 6.07 Å². The minimum atomic E-state index is -0.488. The Bertz CT molecular complexity index is 1240. The first-order valence-electron chi connectivity index (χ1n) is 8.28. The number of hydrogen-bond donors (Lipinski definition) is 0. The van der Waals surface area contributed by atoms with Crippen molar-refractivity contribution in [1.82, 2.24) is 4.98 Å². The van der Waals surface area contributed by atoms with Crippen molar-refractivity contribution in [2.45, 2.75) is 0 Å². The summed E-state index contributed by atoms with van der Waals surface area (Å²) >= 11 is 12.2. The summed E-state index contributed by atoms with van der Waals surface area (Å²) in [6, 6.07) is 14.0. The van der Waals surface area contributed by atoms with Gasteiger partial charge in [-0.05, 0) is 30.3 Å². The number of benzene rings is 2. The van der Waals surface area contributed by atoms with Crippen molar-refractivity contribution in [2.75, 3.05) is 0 Å². The molecule has 0 spiro atoms. The smallest absolute Gasteiger partial charge is 0.266 e. The van der Waals surface area contributed by atoms with Crippen LogP contribution in [0.4, 0.5) is 0 Å². The molecule has 0 unspecified atom stereocenters. The van der Waals surface area contributed by atoms with E-state index in [0.717, 1.165) is 5.56 Å². The van der Waals surface area contributed by atoms with Crippen LogP contribution in [-0.4, -0.2) is 16.6 Å². The van der Waals surface area contributed by atoms with Gasteiger partial charge >= 0.3 is 0 Å². The zero-order valence-electron chi connectivity index (χ0n) is 14.0. The standard InChI is InChI=1S/C21H9Cl2NO4/c22-13-6-7-14(23)17-16(13)18(25)12(19(17)26)8-11-9-15-21(27-11)24-20(28-15)10-4-2-1-3-5-10/h1-9H. The lowest BCUT2D eigenvalue weighted by atomic mass is 10.1. The van der Waals surface area contributed by atoms with Crippen molar-refractivity contribution in [3.8, 4) is 11.5 Å². The first-order valence-corrected chi connectivity index (χ1v) is 9.03. The van der Waals surface area contributed by atoms with Crippen LogP contribution in [0.25, 0.3) is 28.8 Å². The Labute approximate surface area is 168 Å². The number of Topliss-reactive ketones (excluding diaryl/α,β-unsaturated/α-hetero) is 2. The SMILES string of the molecule is O=C1C(=Cc2cc3oc(-c4ccccc4)nc3o2)C(=O)c2c(Cl)ccc(Cl)c21. The number of nitrogens with zero attached hydrogens (tertiary/aromatic N) is 1. The number of ketones is 2. The Kier molecular flexibility index (Phi) is 3.75. The van der Waals surface area contributed by atoms with Crippen LogP contribution in [0.2, 0.25) is 10.0 Å². The first kappa shape index (κ1) is 17.0. The fraction of sp³-hybridized carbons (Fsp3) is 0. The molecule has 0 fully saturated rings. The molecule has 4 aromatic rings. The highest BCUT2D eigenvalue weighted by Crippen LogP contribution is 2.37. The molecule has 0 bridgehead atoms. The van der Waals surface area contributed by atoms with Crippen molar-refractivity contribution in [3.63, 3.8) is 0 Å². The number of fused-ring (bicyclic) bond motifs is 2. The molecule has 0 saturated heterocycles. The zero-order valence-corrected chi connectivity index (χ0v) is 15.5. The van der Waals surface area contributed by atoms with Crippen molar-refractivity contribution in [1.29, 1.82) is 0 Å². The van der Waals surface area contributed by atoms with E-state index >= 15 is 0 Å². The van der Waals surface area contributed by atoms with Crippen LogP contribution in [-0.2, 0) is 0 Å². The second kappa shape index (κ2) is 6.19. The van der Waals surface area contributed by atoms with Gasteiger partial charge in [-0.1, -0.05) is 41.4 Å². The topological polar surface area (TPSA) is 73.3 Å². The number of aromatic nitrogens is 1. The maximum Gasteiger partial charge on any atom is 0.266 e. The second-order valence-electron chi connectivity index (χ2n) is 6.20. The number of carbonyl (C=O) groups is 2. The quantitative estimate of drug-likeness (QED) is 0.306. The van der Waals surface area contributed by atoms with E-state index in [-0.39, 0.29) is 38.2 Å². The van der Waals surface area contributed by atoms with Gasteiger partial charge in [-0.25, -0.2) is 0 Å². The lowest BCUT2D eigenvalue weighted by Gasteiger charge is -2.00. The van der Waals surface area contributed by atoms with E-state index in [1.165, 1.54) is 18.2 Å². The minimum Gasteiger partial charge on any atom is -0.436 e. The number of carbonyl (C=O) groups excluding carboxylic acids is 2. The van der Waals surface area contributed by atoms with Crippen molar-refractivity contribution in [2.24, 2.45) is 0 Å². The minimum absolute atomic E-state index is 0.0651. The summed E-state index contributed by atoms with van der Waals surface area (Å²) in [5.41, 5.74) is 1.67. The van der Waals surface area contributed by atoms with Crippen LogP contribution in [0.15, 0.2) is 62.9 Å². The highest BCUT2D eigenvalue weighted by atomic mass is 35.5. The third-order valence-corrected chi connectivity index (χ3v) is 5.09. The van der Waals surface area contributed by atoms with Crippen molar-refractivity contribution < 1.29 is 18.4 Å². The molecular formula is C21H9Cl2NO4. The summed E-state index contributed by atoms with van der Waals surface area (Å²) in [6.07, 6.45) is 1.36. The number of allylic oxidation sites excluding steroid dienone is 1. The molecule has 2 heterocycles. The van der Waals surface area contributed by atoms with Crippen LogP contribution >= 0.6 is 23.2 Å². The number of furan rings is 1. The van der Waals surface area contributed by atoms with Gasteiger partial charge < -0.3 is 8.83 Å². The number of halogens is 2. The predicted molar refractivity (Wildman–Crippen MR) is 105 cm³/mol. The second-order valence-corrected chi connectivity index (χ2v) is 7.01. The molecule has 2 aromatic carbocycles. The summed E-state index contributed by atoms with van der Waals surface area (Å²) in [6.45, 7) is 0. The van der Waals surface area contributed by atoms with Gasteiger partial charge in [-0.2, -0.15) is 4.98 Å². The van der Waals surface area contributed by atoms with Gasteiger partial charge in [-0.3, -0.25) is 9.59 Å². The Balaban J connectivity index is 1.55. The Hall–Kier alpha value is -3.15. The molecule has 0 atom stereocenters. The monoisotopic (exact) mass is 409 g/mol. The first-order chi connectivity index (χ1) is 13.5. The Morgan fingerprint density at radius 2 is 1.50 bits per heavy atom. The third-order valence-electron chi connectivity index (χ3n) is 4.46. The van der Waals surface area contributed by atoms with E-state index < -0.39 is 11.6 Å². The number of hydrogen-bond acceptors (Lipinski definition) is 5. The number of oxazole rings is 1. The van der Waals surface area contributed by atoms with Gasteiger partial charge in [-0.15, -0.1) is 0 Å². The molecule has 136 valence electrons. The average Bonchev–Trinajstić information content (AvgIpc) is 3.32. The van der Waals surface area contributed by atoms with Gasteiger partial charge in [0.2, 0.25) is 5.89 Å². The summed E-state index contributed by atoms with van der Waals surface area (Å²) in [7, 11) is 0. The summed E-state index contributed by atoms with van der Waals surface area (Å²) in [5.74, 6) is -0.276. The Morgan fingerprint density at radius 3 is 2.11 bits per heavy atom. The summed E-state index contributed by atoms with van der Waals surface area (Å²) in [5, 5.41) is 0.368. The van der Waals surface area contributed by atoms with Crippen molar-refractivity contribution >= 4 is 52.1 Å². The van der Waals surface area contributed by atoms with E-state index in [1.807, 2.05) is 30.3 Å². The third kappa shape index (κ3) is 2.52. The average molecular weight is 410 g/mol. The highest BCUT2D eigenvalue weighted by molar-refractivity contribution is 6.49. The van der Waals surface area contributed by atoms with Gasteiger partial charge in [0.25, 0.3) is 5.71 Å². The number of rotatable bonds is 2. The van der Waals surface area contributed by atoms with Crippen LogP contribution in [0.1, 0.15) is 26.5 Å². The summed E-state index contributed by atoms with van der Waals surface area (Å²) < 4.78 is 11.3. The molecule has 0 saturated carbocycles. The lowest BCUT2D eigenvalue weighted by Crippen LogP contribution is -2.00. The fourth-order valence-corrected chi connectivity index (χ4v) is 3.66. The molecule has 2 aromatic heterocycles. The highest BCUT2D eigenvalue weighted by Gasteiger charge is 2.37. The summed E-state index contributed by atoms with van der Waals surface area (Å²) in [4.78, 5) is 29.6. The molecule has 0 N–H and O–H groups in total. The molecular weight excluding hydrogens is 401 g/mol.